The average Bonchev–Trinajstić information content (AvgIpc) is 2.75. The number of nitrogens with one attached hydrogen (secondary N) is 1. The van der Waals surface area contributed by atoms with Gasteiger partial charge in [-0.1, -0.05) is 11.6 Å². The predicted molar refractivity (Wildman–Crippen MR) is 111 cm³/mol. The SMILES string of the molecule is N#Cc1ccc(N2CCN(CC(=O)Nc3cc4c(cc3Cl)OCCO4)CC2)c(F)c1. The maximum Gasteiger partial charge on any atom is 0.238 e. The number of nitriles is 1. The highest BCUT2D eigenvalue weighted by molar-refractivity contribution is 6.34. The van der Waals surface area contributed by atoms with Gasteiger partial charge in [0.15, 0.2) is 11.5 Å². The van der Waals surface area contributed by atoms with Crippen molar-refractivity contribution in [1.82, 2.24) is 4.90 Å². The number of carbonyl (C=O) groups excluding carboxylic acids is 1. The monoisotopic (exact) mass is 430 g/mol. The molecule has 1 fully saturated rings. The van der Waals surface area contributed by atoms with Crippen LogP contribution in [0.3, 0.4) is 0 Å². The van der Waals surface area contributed by atoms with Gasteiger partial charge in [-0.3, -0.25) is 9.69 Å². The van der Waals surface area contributed by atoms with Crippen LogP contribution in [0.15, 0.2) is 30.3 Å². The minimum absolute atomic E-state index is 0.188. The standard InChI is InChI=1S/C21H20ClFN4O3/c22-15-10-19-20(30-8-7-29-19)11-17(15)25-21(28)13-26-3-5-27(6-4-26)18-2-1-14(12-24)9-16(18)23/h1-2,9-11H,3-8,13H2,(H,25,28). The van der Waals surface area contributed by atoms with Gasteiger partial charge in [-0.15, -0.1) is 0 Å². The smallest absolute Gasteiger partial charge is 0.238 e. The zero-order valence-electron chi connectivity index (χ0n) is 16.2. The molecule has 7 nitrogen and oxygen atoms in total. The zero-order valence-corrected chi connectivity index (χ0v) is 16.9. The molecule has 1 amide bonds. The molecule has 2 aromatic rings. The summed E-state index contributed by atoms with van der Waals surface area (Å²) in [6.07, 6.45) is 0. The fourth-order valence-corrected chi connectivity index (χ4v) is 3.73. The second kappa shape index (κ2) is 8.78. The van der Waals surface area contributed by atoms with Gasteiger partial charge in [0.1, 0.15) is 19.0 Å². The number of amides is 1. The molecule has 0 unspecified atom stereocenters. The summed E-state index contributed by atoms with van der Waals surface area (Å²) in [6.45, 7) is 3.51. The molecular formula is C21H20ClFN4O3. The maximum absolute atomic E-state index is 14.2. The molecule has 1 saturated heterocycles. The summed E-state index contributed by atoms with van der Waals surface area (Å²) in [4.78, 5) is 16.4. The van der Waals surface area contributed by atoms with E-state index in [1.54, 1.807) is 24.3 Å². The number of nitrogens with zero attached hydrogens (tertiary/aromatic N) is 3. The summed E-state index contributed by atoms with van der Waals surface area (Å²) in [7, 11) is 0. The van der Waals surface area contributed by atoms with Gasteiger partial charge in [0, 0.05) is 38.3 Å². The van der Waals surface area contributed by atoms with Crippen molar-refractivity contribution in [2.75, 3.05) is 56.2 Å². The molecule has 4 rings (SSSR count). The van der Waals surface area contributed by atoms with Crippen LogP contribution in [0.1, 0.15) is 5.56 Å². The van der Waals surface area contributed by atoms with Gasteiger partial charge in [-0.25, -0.2) is 4.39 Å². The Morgan fingerprint density at radius 1 is 1.13 bits per heavy atom. The number of fused-ring (bicyclic) bond motifs is 1. The van der Waals surface area contributed by atoms with Crippen molar-refractivity contribution in [3.8, 4) is 17.6 Å². The van der Waals surface area contributed by atoms with E-state index in [0.29, 0.717) is 72.9 Å². The number of carbonyl (C=O) groups is 1. The Bertz CT molecular complexity index is 1000. The lowest BCUT2D eigenvalue weighted by Crippen LogP contribution is -2.49. The fourth-order valence-electron chi connectivity index (χ4n) is 3.53. The van der Waals surface area contributed by atoms with E-state index < -0.39 is 5.82 Å². The lowest BCUT2D eigenvalue weighted by molar-refractivity contribution is -0.117. The summed E-state index contributed by atoms with van der Waals surface area (Å²) in [5.41, 5.74) is 1.25. The molecule has 0 atom stereocenters. The van der Waals surface area contributed by atoms with Crippen molar-refractivity contribution in [3.63, 3.8) is 0 Å². The molecule has 156 valence electrons. The number of anilines is 2. The van der Waals surface area contributed by atoms with E-state index in [2.05, 4.69) is 5.32 Å². The number of halogens is 2. The lowest BCUT2D eigenvalue weighted by atomic mass is 10.2. The van der Waals surface area contributed by atoms with Gasteiger partial charge in [0.25, 0.3) is 0 Å². The fraction of sp³-hybridized carbons (Fsp3) is 0.333. The Balaban J connectivity index is 1.32. The minimum atomic E-state index is -0.409. The summed E-state index contributed by atoms with van der Waals surface area (Å²) in [5, 5.41) is 12.1. The molecular weight excluding hydrogens is 411 g/mol. The van der Waals surface area contributed by atoms with Gasteiger partial charge in [-0.05, 0) is 18.2 Å². The van der Waals surface area contributed by atoms with E-state index in [1.165, 1.54) is 6.07 Å². The summed E-state index contributed by atoms with van der Waals surface area (Å²) in [6, 6.07) is 9.71. The molecule has 2 heterocycles. The van der Waals surface area contributed by atoms with Crippen molar-refractivity contribution in [1.29, 1.82) is 5.26 Å². The molecule has 1 N–H and O–H groups in total. The molecule has 2 aliphatic rings. The van der Waals surface area contributed by atoms with Gasteiger partial charge in [-0.2, -0.15) is 5.26 Å². The molecule has 2 aromatic carbocycles. The molecule has 0 spiro atoms. The van der Waals surface area contributed by atoms with Gasteiger partial charge >= 0.3 is 0 Å². The van der Waals surface area contributed by atoms with Crippen LogP contribution in [0.5, 0.6) is 11.5 Å². The highest BCUT2D eigenvalue weighted by atomic mass is 35.5. The average molecular weight is 431 g/mol. The quantitative estimate of drug-likeness (QED) is 0.803. The second-order valence-corrected chi connectivity index (χ2v) is 7.47. The van der Waals surface area contributed by atoms with Crippen molar-refractivity contribution < 1.29 is 18.7 Å². The van der Waals surface area contributed by atoms with Crippen LogP contribution in [0, 0.1) is 17.1 Å². The third kappa shape index (κ3) is 4.42. The maximum atomic E-state index is 14.2. The number of piperazine rings is 1. The molecule has 0 aromatic heterocycles. The largest absolute Gasteiger partial charge is 0.486 e. The van der Waals surface area contributed by atoms with E-state index in [4.69, 9.17) is 26.3 Å². The lowest BCUT2D eigenvalue weighted by Gasteiger charge is -2.35. The molecule has 0 saturated carbocycles. The second-order valence-electron chi connectivity index (χ2n) is 7.07. The van der Waals surface area contributed by atoms with Crippen molar-refractivity contribution in [2.45, 2.75) is 0 Å². The molecule has 2 aliphatic heterocycles. The normalized spacial score (nSPS) is 16.1. The van der Waals surface area contributed by atoms with Gasteiger partial charge in [0.2, 0.25) is 5.91 Å². The first-order valence-electron chi connectivity index (χ1n) is 9.59. The van der Waals surface area contributed by atoms with Crippen LogP contribution < -0.4 is 19.7 Å². The highest BCUT2D eigenvalue weighted by Crippen LogP contribution is 2.37. The van der Waals surface area contributed by atoms with Crippen molar-refractivity contribution >= 4 is 28.9 Å². The summed E-state index contributed by atoms with van der Waals surface area (Å²) in [5.74, 6) is 0.523. The first kappa shape index (κ1) is 20.3. The zero-order chi connectivity index (χ0) is 21.1. The third-order valence-corrected chi connectivity index (χ3v) is 5.38. The molecule has 0 bridgehead atoms. The molecule has 9 heteroatoms. The predicted octanol–water partition coefficient (Wildman–Crippen LogP) is 2.88. The number of hydrogen-bond donors (Lipinski definition) is 1. The van der Waals surface area contributed by atoms with Gasteiger partial charge in [0.05, 0.1) is 34.6 Å². The molecule has 0 aliphatic carbocycles. The topological polar surface area (TPSA) is 77.8 Å². The van der Waals surface area contributed by atoms with E-state index in [1.807, 2.05) is 15.9 Å². The van der Waals surface area contributed by atoms with E-state index in [0.717, 1.165) is 0 Å². The van der Waals surface area contributed by atoms with E-state index >= 15 is 0 Å². The minimum Gasteiger partial charge on any atom is -0.486 e. The Labute approximate surface area is 178 Å². The number of rotatable bonds is 4. The number of benzene rings is 2. The van der Waals surface area contributed by atoms with E-state index in [-0.39, 0.29) is 12.5 Å². The van der Waals surface area contributed by atoms with Gasteiger partial charge < -0.3 is 19.7 Å². The van der Waals surface area contributed by atoms with Crippen molar-refractivity contribution in [2.24, 2.45) is 0 Å². The van der Waals surface area contributed by atoms with Crippen LogP contribution in [-0.2, 0) is 4.79 Å². The Kier molecular flexibility index (Phi) is 5.93. The van der Waals surface area contributed by atoms with Crippen LogP contribution in [0.25, 0.3) is 0 Å². The van der Waals surface area contributed by atoms with Crippen molar-refractivity contribution in [3.05, 3.63) is 46.7 Å². The summed E-state index contributed by atoms with van der Waals surface area (Å²) >= 11 is 6.25. The Morgan fingerprint density at radius 3 is 2.50 bits per heavy atom. The Morgan fingerprint density at radius 2 is 1.83 bits per heavy atom. The summed E-state index contributed by atoms with van der Waals surface area (Å²) < 4.78 is 25.2. The molecule has 0 radical (unpaired) electrons. The first-order chi connectivity index (χ1) is 14.5. The third-order valence-electron chi connectivity index (χ3n) is 5.06. The highest BCUT2D eigenvalue weighted by Gasteiger charge is 2.22. The number of hydrogen-bond acceptors (Lipinski definition) is 6. The van der Waals surface area contributed by atoms with Crippen LogP contribution in [0.4, 0.5) is 15.8 Å². The van der Waals surface area contributed by atoms with Crippen LogP contribution in [0.2, 0.25) is 5.02 Å². The van der Waals surface area contributed by atoms with Crippen LogP contribution >= 0.6 is 11.6 Å². The first-order valence-corrected chi connectivity index (χ1v) is 9.97. The van der Waals surface area contributed by atoms with E-state index in [9.17, 15) is 9.18 Å². The number of ether oxygens (including phenoxy) is 2. The molecule has 30 heavy (non-hydrogen) atoms. The van der Waals surface area contributed by atoms with Crippen LogP contribution in [-0.4, -0.2) is 56.7 Å². The Hall–Kier alpha value is -3.02.